The minimum Gasteiger partial charge on any atom is -0.413 e. The second-order valence-electron chi connectivity index (χ2n) is 9.92. The number of ether oxygens (including phenoxy) is 2. The lowest BCUT2D eigenvalue weighted by Crippen LogP contribution is -2.41. The lowest BCUT2D eigenvalue weighted by molar-refractivity contribution is -0.145. The molecular formula is C24H32N3O9P. The Kier molecular flexibility index (Phi) is 7.18. The molecule has 2 aromatic rings. The zero-order chi connectivity index (χ0) is 26.4. The molecular weight excluding hydrogens is 505 g/mol. The van der Waals surface area contributed by atoms with Gasteiger partial charge in [0.1, 0.15) is 29.8 Å². The second kappa shape index (κ2) is 10.1. The Labute approximate surface area is 213 Å². The number of fused-ring (bicyclic) bond motifs is 1. The van der Waals surface area contributed by atoms with E-state index < -0.39 is 61.3 Å². The van der Waals surface area contributed by atoms with Crippen LogP contribution in [-0.2, 0) is 18.6 Å². The number of aromatic nitrogens is 2. The number of hydrogen-bond acceptors (Lipinski definition) is 9. The van der Waals surface area contributed by atoms with Crippen molar-refractivity contribution in [3.63, 3.8) is 0 Å². The number of nitrogens with zero attached hydrogens (tertiary/aromatic N) is 1. The van der Waals surface area contributed by atoms with Gasteiger partial charge in [-0.05, 0) is 31.9 Å². The van der Waals surface area contributed by atoms with Crippen LogP contribution in [0.25, 0.3) is 0 Å². The highest BCUT2D eigenvalue weighted by Gasteiger charge is 2.78. The lowest BCUT2D eigenvalue weighted by Gasteiger charge is -2.29. The van der Waals surface area contributed by atoms with Gasteiger partial charge in [-0.15, -0.1) is 0 Å². The Morgan fingerprint density at radius 3 is 2.54 bits per heavy atom. The molecule has 2 saturated carbocycles. The summed E-state index contributed by atoms with van der Waals surface area (Å²) in [6.07, 6.45) is 0.956. The molecule has 5 rings (SSSR count). The first-order valence-electron chi connectivity index (χ1n) is 12.4. The molecule has 2 heterocycles. The van der Waals surface area contributed by atoms with Gasteiger partial charge in [-0.3, -0.25) is 18.9 Å². The van der Waals surface area contributed by atoms with Crippen molar-refractivity contribution in [3.05, 3.63) is 63.4 Å². The van der Waals surface area contributed by atoms with Crippen LogP contribution in [0, 0.1) is 5.92 Å². The highest BCUT2D eigenvalue weighted by atomic mass is 31.2. The fraction of sp³-hybridized carbons (Fsp3) is 0.583. The summed E-state index contributed by atoms with van der Waals surface area (Å²) in [6.45, 7) is 3.27. The fourth-order valence-electron chi connectivity index (χ4n) is 5.10. The van der Waals surface area contributed by atoms with Crippen molar-refractivity contribution in [2.24, 2.45) is 5.92 Å². The molecule has 4 N–H and O–H groups in total. The third-order valence-corrected chi connectivity index (χ3v) is 8.97. The molecule has 3 fully saturated rings. The molecule has 0 radical (unpaired) electrons. The zero-order valence-electron chi connectivity index (χ0n) is 20.6. The van der Waals surface area contributed by atoms with E-state index in [-0.39, 0.29) is 11.9 Å². The molecule has 0 spiro atoms. The maximum absolute atomic E-state index is 13.9. The summed E-state index contributed by atoms with van der Waals surface area (Å²) < 4.78 is 38.3. The zero-order valence-corrected chi connectivity index (χ0v) is 21.5. The number of hydrogen-bond donors (Lipinski definition) is 4. The molecule has 1 aromatic carbocycles. The molecule has 2 aliphatic carbocycles. The molecule has 12 nitrogen and oxygen atoms in total. The Morgan fingerprint density at radius 2 is 1.92 bits per heavy atom. The van der Waals surface area contributed by atoms with E-state index in [9.17, 15) is 24.4 Å². The molecule has 8 atom stereocenters. The predicted octanol–water partition coefficient (Wildman–Crippen LogP) is 1.64. The normalized spacial score (nSPS) is 32.4. The number of aliphatic hydroxyl groups excluding tert-OH is 1. The van der Waals surface area contributed by atoms with Gasteiger partial charge in [0, 0.05) is 18.2 Å². The van der Waals surface area contributed by atoms with Gasteiger partial charge in [0.15, 0.2) is 6.29 Å². The van der Waals surface area contributed by atoms with Gasteiger partial charge in [0.25, 0.3) is 5.56 Å². The predicted molar refractivity (Wildman–Crippen MR) is 131 cm³/mol. The summed E-state index contributed by atoms with van der Waals surface area (Å²) in [7, 11) is -4.17. The SMILES string of the molecule is C[C@H](NP(=O)(Oc1ccccc1)OC1[C@H]2O[C@@H](n3ccc(=O)[nH]c3=O)[C@@H](C)[C@@]12O)C(O)OC1CCCC1. The van der Waals surface area contributed by atoms with Gasteiger partial charge in [0.05, 0.1) is 12.1 Å². The van der Waals surface area contributed by atoms with Crippen molar-refractivity contribution in [1.82, 2.24) is 14.6 Å². The summed E-state index contributed by atoms with van der Waals surface area (Å²) in [5.74, 6) is -0.383. The number of aromatic amines is 1. The summed E-state index contributed by atoms with van der Waals surface area (Å²) in [5.41, 5.74) is -2.77. The van der Waals surface area contributed by atoms with E-state index in [1.165, 1.54) is 16.8 Å². The standard InChI is InChI=1S/C24H32N3O9P/c1-14-21(27-13-12-18(28)25-23(27)30)34-19-20(24(14,19)31)36-37(32,35-17-10-4-3-5-11-17)26-15(2)22(29)33-16-8-6-7-9-16/h3-5,10-16,19-22,29,31H,6-9H2,1-2H3,(H,26,32)(H,25,28,30)/t14-,15+,19-,20?,21-,22?,24+,37?/m1/s1. The molecule has 202 valence electrons. The molecule has 1 aromatic heterocycles. The smallest absolute Gasteiger partial charge is 0.413 e. The number of aliphatic hydroxyl groups is 2. The first kappa shape index (κ1) is 26.3. The molecule has 13 heteroatoms. The average molecular weight is 538 g/mol. The van der Waals surface area contributed by atoms with Crippen LogP contribution in [0.15, 0.2) is 52.2 Å². The van der Waals surface area contributed by atoms with Gasteiger partial charge >= 0.3 is 13.4 Å². The largest absolute Gasteiger partial charge is 0.459 e. The van der Waals surface area contributed by atoms with E-state index in [1.807, 2.05) is 0 Å². The number of H-pyrrole nitrogens is 1. The monoisotopic (exact) mass is 537 g/mol. The number of para-hydroxylation sites is 1. The van der Waals surface area contributed by atoms with Crippen LogP contribution in [0.1, 0.15) is 45.8 Å². The van der Waals surface area contributed by atoms with E-state index >= 15 is 0 Å². The van der Waals surface area contributed by atoms with E-state index in [4.69, 9.17) is 18.5 Å². The van der Waals surface area contributed by atoms with Crippen molar-refractivity contribution in [3.8, 4) is 5.75 Å². The van der Waals surface area contributed by atoms with Crippen LogP contribution < -0.4 is 20.9 Å². The molecule has 3 unspecified atom stereocenters. The van der Waals surface area contributed by atoms with E-state index in [0.29, 0.717) is 0 Å². The quantitative estimate of drug-likeness (QED) is 0.259. The van der Waals surface area contributed by atoms with Crippen molar-refractivity contribution in [1.29, 1.82) is 0 Å². The number of benzene rings is 1. The maximum atomic E-state index is 13.9. The lowest BCUT2D eigenvalue weighted by atomic mass is 10.0. The summed E-state index contributed by atoms with van der Waals surface area (Å²) in [5, 5.41) is 24.6. The minimum atomic E-state index is -4.17. The Bertz CT molecular complexity index is 1260. The molecule has 0 amide bonds. The average Bonchev–Trinajstić information content (AvgIpc) is 3.17. The van der Waals surface area contributed by atoms with Crippen molar-refractivity contribution >= 4 is 7.75 Å². The third-order valence-electron chi connectivity index (χ3n) is 7.29. The molecule has 1 saturated heterocycles. The number of nitrogens with one attached hydrogen (secondary N) is 2. The number of rotatable bonds is 10. The second-order valence-corrected chi connectivity index (χ2v) is 11.6. The molecule has 37 heavy (non-hydrogen) atoms. The summed E-state index contributed by atoms with van der Waals surface area (Å²) in [6, 6.07) is 8.76. The van der Waals surface area contributed by atoms with E-state index in [0.717, 1.165) is 25.7 Å². The Balaban J connectivity index is 1.31. The van der Waals surface area contributed by atoms with Gasteiger partial charge in [0.2, 0.25) is 0 Å². The highest BCUT2D eigenvalue weighted by Crippen LogP contribution is 2.63. The first-order valence-corrected chi connectivity index (χ1v) is 14.0. The Hall–Kier alpha value is -2.31. The van der Waals surface area contributed by atoms with Gasteiger partial charge in [-0.2, -0.15) is 0 Å². The first-order chi connectivity index (χ1) is 17.6. The summed E-state index contributed by atoms with van der Waals surface area (Å²) in [4.78, 5) is 25.8. The fourth-order valence-corrected chi connectivity index (χ4v) is 6.86. The molecule has 0 bridgehead atoms. The van der Waals surface area contributed by atoms with Crippen molar-refractivity contribution < 1.29 is 33.3 Å². The van der Waals surface area contributed by atoms with Gasteiger partial charge < -0.3 is 24.2 Å². The maximum Gasteiger partial charge on any atom is 0.459 e. The highest BCUT2D eigenvalue weighted by molar-refractivity contribution is 7.52. The van der Waals surface area contributed by atoms with Gasteiger partial charge in [-0.1, -0.05) is 38.0 Å². The van der Waals surface area contributed by atoms with E-state index in [2.05, 4.69) is 10.1 Å². The van der Waals surface area contributed by atoms with Crippen LogP contribution >= 0.6 is 7.75 Å². The topological polar surface area (TPSA) is 161 Å². The van der Waals surface area contributed by atoms with Gasteiger partial charge in [-0.25, -0.2) is 14.4 Å². The molecule has 3 aliphatic rings. The van der Waals surface area contributed by atoms with Crippen LogP contribution in [0.2, 0.25) is 0 Å². The van der Waals surface area contributed by atoms with Crippen LogP contribution in [0.5, 0.6) is 5.75 Å². The van der Waals surface area contributed by atoms with Crippen LogP contribution in [-0.4, -0.2) is 56.0 Å². The van der Waals surface area contributed by atoms with E-state index in [1.54, 1.807) is 44.2 Å². The summed E-state index contributed by atoms with van der Waals surface area (Å²) >= 11 is 0. The van der Waals surface area contributed by atoms with Crippen molar-refractivity contribution in [2.75, 3.05) is 0 Å². The Morgan fingerprint density at radius 1 is 1.22 bits per heavy atom. The molecule has 1 aliphatic heterocycles. The third kappa shape index (κ3) is 5.20. The minimum absolute atomic E-state index is 0.0689. The van der Waals surface area contributed by atoms with Crippen molar-refractivity contribution in [2.45, 2.75) is 82.0 Å². The van der Waals surface area contributed by atoms with Crippen LogP contribution in [0.4, 0.5) is 0 Å². The van der Waals surface area contributed by atoms with Crippen LogP contribution in [0.3, 0.4) is 0 Å².